The van der Waals surface area contributed by atoms with E-state index in [9.17, 15) is 5.11 Å². The lowest BCUT2D eigenvalue weighted by Gasteiger charge is -2.28. The van der Waals surface area contributed by atoms with Gasteiger partial charge in [-0.2, -0.15) is 0 Å². The summed E-state index contributed by atoms with van der Waals surface area (Å²) >= 11 is 0. The van der Waals surface area contributed by atoms with Crippen molar-refractivity contribution in [3.05, 3.63) is 42.9 Å². The van der Waals surface area contributed by atoms with E-state index in [1.165, 1.54) is 6.42 Å². The molecule has 0 saturated heterocycles. The second-order valence-electron chi connectivity index (χ2n) is 4.99. The normalized spacial score (nSPS) is 24.1. The van der Waals surface area contributed by atoms with Gasteiger partial charge >= 0.3 is 0 Å². The largest absolute Gasteiger partial charge is 0.391 e. The van der Waals surface area contributed by atoms with Gasteiger partial charge in [0.1, 0.15) is 0 Å². The lowest BCUT2D eigenvalue weighted by atomic mass is 9.92. The molecule has 0 radical (unpaired) electrons. The van der Waals surface area contributed by atoms with Crippen molar-refractivity contribution in [3.8, 4) is 11.3 Å². The van der Waals surface area contributed by atoms with Crippen LogP contribution < -0.4 is 0 Å². The highest BCUT2D eigenvalue weighted by atomic mass is 16.3. The van der Waals surface area contributed by atoms with Crippen LogP contribution in [0.3, 0.4) is 0 Å². The Morgan fingerprint density at radius 1 is 1.11 bits per heavy atom. The molecule has 1 aromatic heterocycles. The maximum Gasteiger partial charge on any atom is 0.0957 e. The highest BCUT2D eigenvalue weighted by Gasteiger charge is 2.24. The average Bonchev–Trinajstić information content (AvgIpc) is 2.90. The summed E-state index contributed by atoms with van der Waals surface area (Å²) < 4.78 is 2.08. The first-order valence-corrected chi connectivity index (χ1v) is 6.61. The first-order chi connectivity index (χ1) is 8.84. The Hall–Kier alpha value is -1.61. The molecule has 1 aliphatic rings. The molecule has 1 N–H and O–H groups in total. The van der Waals surface area contributed by atoms with Gasteiger partial charge < -0.3 is 9.67 Å². The van der Waals surface area contributed by atoms with Gasteiger partial charge in [-0.25, -0.2) is 4.98 Å². The fourth-order valence-electron chi connectivity index (χ4n) is 2.72. The standard InChI is InChI=1S/C15H18N2O/c18-15-9-5-4-8-14(15)17-10-13(16-11-17)12-6-2-1-3-7-12/h1-3,6-7,10-11,14-15,18H,4-5,8-9H2/t14-,15+/m1/s1. The zero-order valence-electron chi connectivity index (χ0n) is 10.4. The number of aromatic nitrogens is 2. The molecular formula is C15H18N2O. The van der Waals surface area contributed by atoms with E-state index in [-0.39, 0.29) is 12.1 Å². The number of aliphatic hydroxyl groups excluding tert-OH is 1. The smallest absolute Gasteiger partial charge is 0.0957 e. The molecule has 1 aromatic carbocycles. The highest BCUT2D eigenvalue weighted by molar-refractivity contribution is 5.57. The fourth-order valence-corrected chi connectivity index (χ4v) is 2.72. The molecule has 1 fully saturated rings. The van der Waals surface area contributed by atoms with Gasteiger partial charge in [0.05, 0.1) is 24.2 Å². The predicted octanol–water partition coefficient (Wildman–Crippen LogP) is 3.03. The summed E-state index contributed by atoms with van der Waals surface area (Å²) in [5.41, 5.74) is 2.11. The maximum absolute atomic E-state index is 10.1. The Bertz CT molecular complexity index is 506. The monoisotopic (exact) mass is 242 g/mol. The number of imidazole rings is 1. The minimum atomic E-state index is -0.225. The van der Waals surface area contributed by atoms with Crippen molar-refractivity contribution in [1.82, 2.24) is 9.55 Å². The molecule has 94 valence electrons. The van der Waals surface area contributed by atoms with E-state index in [4.69, 9.17) is 0 Å². The zero-order chi connectivity index (χ0) is 12.4. The van der Waals surface area contributed by atoms with Crippen LogP contribution in [0.1, 0.15) is 31.7 Å². The van der Waals surface area contributed by atoms with Crippen LogP contribution in [0.15, 0.2) is 42.9 Å². The summed E-state index contributed by atoms with van der Waals surface area (Å²) in [7, 11) is 0. The first-order valence-electron chi connectivity index (χ1n) is 6.61. The van der Waals surface area contributed by atoms with Crippen LogP contribution in [0.25, 0.3) is 11.3 Å². The number of hydrogen-bond donors (Lipinski definition) is 1. The number of benzene rings is 1. The zero-order valence-corrected chi connectivity index (χ0v) is 10.4. The van der Waals surface area contributed by atoms with Crippen molar-refractivity contribution in [2.24, 2.45) is 0 Å². The second-order valence-corrected chi connectivity index (χ2v) is 4.99. The second kappa shape index (κ2) is 4.94. The van der Waals surface area contributed by atoms with Crippen molar-refractivity contribution in [1.29, 1.82) is 0 Å². The quantitative estimate of drug-likeness (QED) is 0.879. The molecule has 0 spiro atoms. The van der Waals surface area contributed by atoms with E-state index in [1.807, 2.05) is 24.5 Å². The van der Waals surface area contributed by atoms with E-state index in [0.29, 0.717) is 0 Å². The lowest BCUT2D eigenvalue weighted by molar-refractivity contribution is 0.0754. The lowest BCUT2D eigenvalue weighted by Crippen LogP contribution is -2.26. The fraction of sp³-hybridized carbons (Fsp3) is 0.400. The minimum absolute atomic E-state index is 0.198. The van der Waals surface area contributed by atoms with Gasteiger partial charge in [0.25, 0.3) is 0 Å². The van der Waals surface area contributed by atoms with Crippen LogP contribution in [0.2, 0.25) is 0 Å². The first kappa shape index (κ1) is 11.5. The minimum Gasteiger partial charge on any atom is -0.391 e. The van der Waals surface area contributed by atoms with E-state index in [0.717, 1.165) is 30.5 Å². The Morgan fingerprint density at radius 2 is 1.89 bits per heavy atom. The van der Waals surface area contributed by atoms with E-state index < -0.39 is 0 Å². The van der Waals surface area contributed by atoms with Gasteiger partial charge in [0.2, 0.25) is 0 Å². The third-order valence-corrected chi connectivity index (χ3v) is 3.75. The van der Waals surface area contributed by atoms with Crippen LogP contribution in [0, 0.1) is 0 Å². The molecule has 0 unspecified atom stereocenters. The van der Waals surface area contributed by atoms with Crippen LogP contribution >= 0.6 is 0 Å². The van der Waals surface area contributed by atoms with Crippen LogP contribution in [0.5, 0.6) is 0 Å². The van der Waals surface area contributed by atoms with Gasteiger partial charge in [-0.1, -0.05) is 43.2 Å². The summed E-state index contributed by atoms with van der Waals surface area (Å²) in [4.78, 5) is 4.45. The van der Waals surface area contributed by atoms with Gasteiger partial charge in [0.15, 0.2) is 0 Å². The predicted molar refractivity (Wildman–Crippen MR) is 71.2 cm³/mol. The summed E-state index contributed by atoms with van der Waals surface area (Å²) in [5.74, 6) is 0. The molecule has 1 heterocycles. The number of hydrogen-bond acceptors (Lipinski definition) is 2. The van der Waals surface area contributed by atoms with E-state index in [2.05, 4.69) is 27.9 Å². The molecule has 3 rings (SSSR count). The van der Waals surface area contributed by atoms with Gasteiger partial charge in [0, 0.05) is 11.8 Å². The van der Waals surface area contributed by atoms with Crippen molar-refractivity contribution in [3.63, 3.8) is 0 Å². The maximum atomic E-state index is 10.1. The van der Waals surface area contributed by atoms with E-state index in [1.54, 1.807) is 0 Å². The number of rotatable bonds is 2. The SMILES string of the molecule is O[C@H]1CCCC[C@H]1n1cnc(-c2ccccc2)c1. The average molecular weight is 242 g/mol. The molecule has 0 bridgehead atoms. The summed E-state index contributed by atoms with van der Waals surface area (Å²) in [6, 6.07) is 10.4. The van der Waals surface area contributed by atoms with Crippen molar-refractivity contribution in [2.45, 2.75) is 37.8 Å². The number of aliphatic hydroxyl groups is 1. The molecule has 1 saturated carbocycles. The van der Waals surface area contributed by atoms with E-state index >= 15 is 0 Å². The molecule has 0 aliphatic heterocycles. The van der Waals surface area contributed by atoms with Crippen molar-refractivity contribution < 1.29 is 5.11 Å². The topological polar surface area (TPSA) is 38.0 Å². The molecule has 0 amide bonds. The third kappa shape index (κ3) is 2.18. The molecular weight excluding hydrogens is 224 g/mol. The van der Waals surface area contributed by atoms with Gasteiger partial charge in [-0.3, -0.25) is 0 Å². The summed E-state index contributed by atoms with van der Waals surface area (Å²) in [6.07, 6.45) is 7.96. The van der Waals surface area contributed by atoms with Crippen LogP contribution in [0.4, 0.5) is 0 Å². The van der Waals surface area contributed by atoms with Gasteiger partial charge in [-0.05, 0) is 12.8 Å². The molecule has 2 aromatic rings. The molecule has 1 aliphatic carbocycles. The van der Waals surface area contributed by atoms with Crippen molar-refractivity contribution in [2.75, 3.05) is 0 Å². The third-order valence-electron chi connectivity index (χ3n) is 3.75. The van der Waals surface area contributed by atoms with Crippen molar-refractivity contribution >= 4 is 0 Å². The summed E-state index contributed by atoms with van der Waals surface area (Å²) in [5, 5.41) is 10.1. The Morgan fingerprint density at radius 3 is 2.67 bits per heavy atom. The Kier molecular flexibility index (Phi) is 3.15. The van der Waals surface area contributed by atoms with Crippen LogP contribution in [-0.2, 0) is 0 Å². The molecule has 3 nitrogen and oxygen atoms in total. The summed E-state index contributed by atoms with van der Waals surface area (Å²) in [6.45, 7) is 0. The Balaban J connectivity index is 1.85. The van der Waals surface area contributed by atoms with Crippen LogP contribution in [-0.4, -0.2) is 20.8 Å². The molecule has 18 heavy (non-hydrogen) atoms. The number of nitrogens with zero attached hydrogens (tertiary/aromatic N) is 2. The Labute approximate surface area is 107 Å². The molecule has 3 heteroatoms. The highest BCUT2D eigenvalue weighted by Crippen LogP contribution is 2.29. The van der Waals surface area contributed by atoms with Gasteiger partial charge in [-0.15, -0.1) is 0 Å². The molecule has 2 atom stereocenters.